The standard InChI is InChI=1S/C12H22N4O2/c1-8(10-7-16(6)15-9(10)2)13-14-11(17)18-12(3,4)5/h7-8,13H,1-6H3,(H,14,17). The van der Waals surface area contributed by atoms with E-state index in [9.17, 15) is 4.79 Å². The third kappa shape index (κ3) is 4.37. The molecule has 1 amide bonds. The van der Waals surface area contributed by atoms with Crippen molar-refractivity contribution >= 4 is 6.09 Å². The second-order valence-electron chi connectivity index (χ2n) is 5.34. The van der Waals surface area contributed by atoms with Crippen LogP contribution in [0.3, 0.4) is 0 Å². The molecule has 18 heavy (non-hydrogen) atoms. The molecule has 1 rings (SSSR count). The smallest absolute Gasteiger partial charge is 0.422 e. The number of nitrogens with one attached hydrogen (secondary N) is 2. The Morgan fingerprint density at radius 2 is 2.11 bits per heavy atom. The van der Waals surface area contributed by atoms with Crippen LogP contribution >= 0.6 is 0 Å². The van der Waals surface area contributed by atoms with Gasteiger partial charge < -0.3 is 4.74 Å². The molecular weight excluding hydrogens is 232 g/mol. The number of carbonyl (C=O) groups is 1. The Morgan fingerprint density at radius 1 is 1.50 bits per heavy atom. The highest BCUT2D eigenvalue weighted by Gasteiger charge is 2.17. The second kappa shape index (κ2) is 5.39. The molecule has 2 N–H and O–H groups in total. The summed E-state index contributed by atoms with van der Waals surface area (Å²) in [6, 6.07) is -0.0359. The van der Waals surface area contributed by atoms with E-state index in [0.29, 0.717) is 0 Å². The van der Waals surface area contributed by atoms with E-state index in [1.807, 2.05) is 47.9 Å². The summed E-state index contributed by atoms with van der Waals surface area (Å²) < 4.78 is 6.87. The van der Waals surface area contributed by atoms with Crippen molar-refractivity contribution in [1.82, 2.24) is 20.6 Å². The summed E-state index contributed by atoms with van der Waals surface area (Å²) in [4.78, 5) is 11.5. The highest BCUT2D eigenvalue weighted by atomic mass is 16.6. The van der Waals surface area contributed by atoms with E-state index in [2.05, 4.69) is 16.0 Å². The van der Waals surface area contributed by atoms with Crippen LogP contribution in [0.25, 0.3) is 0 Å². The Morgan fingerprint density at radius 3 is 2.56 bits per heavy atom. The third-order valence-electron chi connectivity index (χ3n) is 2.31. The zero-order chi connectivity index (χ0) is 13.9. The van der Waals surface area contributed by atoms with Crippen molar-refractivity contribution in [3.05, 3.63) is 17.5 Å². The van der Waals surface area contributed by atoms with Gasteiger partial charge in [0.2, 0.25) is 0 Å². The van der Waals surface area contributed by atoms with Crippen LogP contribution in [0.15, 0.2) is 6.20 Å². The first-order valence-electron chi connectivity index (χ1n) is 5.93. The van der Waals surface area contributed by atoms with Gasteiger partial charge in [0, 0.05) is 18.8 Å². The SMILES string of the molecule is Cc1nn(C)cc1C(C)NNC(=O)OC(C)(C)C. The number of amides is 1. The van der Waals surface area contributed by atoms with E-state index < -0.39 is 11.7 Å². The number of rotatable bonds is 3. The number of hydrazine groups is 1. The van der Waals surface area contributed by atoms with E-state index in [1.165, 1.54) is 0 Å². The lowest BCUT2D eigenvalue weighted by molar-refractivity contribution is 0.0489. The van der Waals surface area contributed by atoms with Crippen LogP contribution in [-0.2, 0) is 11.8 Å². The Kier molecular flexibility index (Phi) is 4.34. The zero-order valence-electron chi connectivity index (χ0n) is 11.9. The molecule has 0 aliphatic heterocycles. The van der Waals surface area contributed by atoms with Gasteiger partial charge in [-0.3, -0.25) is 10.1 Å². The van der Waals surface area contributed by atoms with Crippen molar-refractivity contribution in [2.45, 2.75) is 46.3 Å². The molecule has 0 aliphatic carbocycles. The average Bonchev–Trinajstić information content (AvgIpc) is 2.52. The molecule has 0 fully saturated rings. The molecule has 0 saturated heterocycles. The minimum Gasteiger partial charge on any atom is -0.443 e. The van der Waals surface area contributed by atoms with Gasteiger partial charge in [0.15, 0.2) is 0 Å². The maximum absolute atomic E-state index is 11.5. The first kappa shape index (κ1) is 14.5. The van der Waals surface area contributed by atoms with Crippen molar-refractivity contribution in [3.8, 4) is 0 Å². The first-order valence-corrected chi connectivity index (χ1v) is 5.93. The van der Waals surface area contributed by atoms with Crippen molar-refractivity contribution in [2.75, 3.05) is 0 Å². The van der Waals surface area contributed by atoms with Crippen LogP contribution in [0, 0.1) is 6.92 Å². The highest BCUT2D eigenvalue weighted by molar-refractivity contribution is 5.67. The van der Waals surface area contributed by atoms with E-state index >= 15 is 0 Å². The summed E-state index contributed by atoms with van der Waals surface area (Å²) in [7, 11) is 1.87. The molecule has 1 unspecified atom stereocenters. The summed E-state index contributed by atoms with van der Waals surface area (Å²) in [5, 5.41) is 4.25. The molecule has 1 atom stereocenters. The number of aromatic nitrogens is 2. The number of hydrogen-bond acceptors (Lipinski definition) is 4. The Balaban J connectivity index is 2.49. The van der Waals surface area contributed by atoms with E-state index in [4.69, 9.17) is 4.74 Å². The van der Waals surface area contributed by atoms with Crippen LogP contribution < -0.4 is 10.9 Å². The predicted octanol–water partition coefficient (Wildman–Crippen LogP) is 1.82. The first-order chi connectivity index (χ1) is 8.19. The second-order valence-corrected chi connectivity index (χ2v) is 5.34. The van der Waals surface area contributed by atoms with Gasteiger partial charge in [0.05, 0.1) is 11.7 Å². The Labute approximate surface area is 108 Å². The Bertz CT molecular complexity index is 420. The van der Waals surface area contributed by atoms with E-state index in [-0.39, 0.29) is 6.04 Å². The summed E-state index contributed by atoms with van der Waals surface area (Å²) in [6.45, 7) is 9.34. The fourth-order valence-corrected chi connectivity index (χ4v) is 1.59. The van der Waals surface area contributed by atoms with Crippen LogP contribution in [-0.4, -0.2) is 21.5 Å². The minimum atomic E-state index is -0.501. The summed E-state index contributed by atoms with van der Waals surface area (Å²) in [5.41, 5.74) is 6.89. The number of nitrogens with zero attached hydrogens (tertiary/aromatic N) is 2. The topological polar surface area (TPSA) is 68.2 Å². The molecule has 6 heteroatoms. The van der Waals surface area contributed by atoms with E-state index in [1.54, 1.807) is 4.68 Å². The quantitative estimate of drug-likeness (QED) is 0.807. The van der Waals surface area contributed by atoms with Gasteiger partial charge in [-0.05, 0) is 34.6 Å². The molecule has 0 radical (unpaired) electrons. The Hall–Kier alpha value is -1.56. The molecule has 0 aromatic carbocycles. The number of aryl methyl sites for hydroxylation is 2. The lowest BCUT2D eigenvalue weighted by Crippen LogP contribution is -2.42. The highest BCUT2D eigenvalue weighted by Crippen LogP contribution is 2.14. The van der Waals surface area contributed by atoms with Crippen LogP contribution in [0.1, 0.15) is 45.0 Å². The normalized spacial score (nSPS) is 13.2. The fourth-order valence-electron chi connectivity index (χ4n) is 1.59. The van der Waals surface area contributed by atoms with E-state index in [0.717, 1.165) is 11.3 Å². The molecule has 0 bridgehead atoms. The largest absolute Gasteiger partial charge is 0.443 e. The van der Waals surface area contributed by atoms with Gasteiger partial charge in [-0.1, -0.05) is 0 Å². The van der Waals surface area contributed by atoms with Crippen molar-refractivity contribution in [1.29, 1.82) is 0 Å². The molecule has 1 heterocycles. The van der Waals surface area contributed by atoms with Gasteiger partial charge >= 0.3 is 6.09 Å². The monoisotopic (exact) mass is 254 g/mol. The lowest BCUT2D eigenvalue weighted by Gasteiger charge is -2.21. The lowest BCUT2D eigenvalue weighted by atomic mass is 10.1. The molecule has 102 valence electrons. The summed E-state index contributed by atoms with van der Waals surface area (Å²) >= 11 is 0. The van der Waals surface area contributed by atoms with Crippen LogP contribution in [0.5, 0.6) is 0 Å². The van der Waals surface area contributed by atoms with Crippen molar-refractivity contribution in [3.63, 3.8) is 0 Å². The predicted molar refractivity (Wildman–Crippen MR) is 68.9 cm³/mol. The third-order valence-corrected chi connectivity index (χ3v) is 2.31. The summed E-state index contributed by atoms with van der Waals surface area (Å²) in [6.07, 6.45) is 1.43. The number of hydrogen-bond donors (Lipinski definition) is 2. The molecule has 0 aliphatic rings. The molecule has 1 aromatic rings. The average molecular weight is 254 g/mol. The number of carbonyl (C=O) groups excluding carboxylic acids is 1. The molecule has 6 nitrogen and oxygen atoms in total. The van der Waals surface area contributed by atoms with Crippen molar-refractivity contribution in [2.24, 2.45) is 7.05 Å². The summed E-state index contributed by atoms with van der Waals surface area (Å²) in [5.74, 6) is 0. The minimum absolute atomic E-state index is 0.0359. The van der Waals surface area contributed by atoms with Gasteiger partial charge in [0.1, 0.15) is 5.60 Å². The molecule has 1 aromatic heterocycles. The van der Waals surface area contributed by atoms with Crippen LogP contribution in [0.4, 0.5) is 4.79 Å². The zero-order valence-corrected chi connectivity index (χ0v) is 11.9. The maximum Gasteiger partial charge on any atom is 0.422 e. The molecule has 0 spiro atoms. The van der Waals surface area contributed by atoms with Gasteiger partial charge in [0.25, 0.3) is 0 Å². The van der Waals surface area contributed by atoms with Gasteiger partial charge in [-0.2, -0.15) is 5.10 Å². The van der Waals surface area contributed by atoms with Crippen molar-refractivity contribution < 1.29 is 9.53 Å². The molecular formula is C12H22N4O2. The van der Waals surface area contributed by atoms with Gasteiger partial charge in [-0.15, -0.1) is 0 Å². The van der Waals surface area contributed by atoms with Gasteiger partial charge in [-0.25, -0.2) is 10.2 Å². The molecule has 0 saturated carbocycles. The van der Waals surface area contributed by atoms with Crippen LogP contribution in [0.2, 0.25) is 0 Å². The number of ether oxygens (including phenoxy) is 1. The maximum atomic E-state index is 11.5. The fraction of sp³-hybridized carbons (Fsp3) is 0.667.